The predicted octanol–water partition coefficient (Wildman–Crippen LogP) is 1.75. The highest BCUT2D eigenvalue weighted by atomic mass is 16.7. The van der Waals surface area contributed by atoms with E-state index in [0.29, 0.717) is 31.3 Å². The Labute approximate surface area is 124 Å². The number of hydrogen-bond acceptors (Lipinski definition) is 6. The van der Waals surface area contributed by atoms with Crippen LogP contribution in [0.25, 0.3) is 0 Å². The number of nitrogens with zero attached hydrogens (tertiary/aromatic N) is 2. The Bertz CT molecular complexity index is 432. The monoisotopic (exact) mass is 295 g/mol. The minimum Gasteiger partial charge on any atom is -0.474 e. The molecule has 1 aromatic rings. The van der Waals surface area contributed by atoms with Gasteiger partial charge in [-0.15, -0.1) is 0 Å². The summed E-state index contributed by atoms with van der Waals surface area (Å²) in [7, 11) is 0. The quantitative estimate of drug-likeness (QED) is 0.772. The van der Waals surface area contributed by atoms with Crippen LogP contribution in [0.1, 0.15) is 32.6 Å². The highest BCUT2D eigenvalue weighted by Crippen LogP contribution is 2.13. The second kappa shape index (κ2) is 8.53. The molecule has 7 nitrogen and oxygen atoms in total. The second-order valence-corrected chi connectivity index (χ2v) is 4.66. The van der Waals surface area contributed by atoms with Gasteiger partial charge in [0, 0.05) is 13.0 Å². The van der Waals surface area contributed by atoms with E-state index in [1.165, 1.54) is 12.4 Å². The second-order valence-electron chi connectivity index (χ2n) is 4.66. The summed E-state index contributed by atoms with van der Waals surface area (Å²) in [6.07, 6.45) is 6.41. The molecule has 2 heterocycles. The number of nitrogens with one attached hydrogen (secondary N) is 1. The molecule has 2 rings (SSSR count). The fraction of sp³-hybridized carbons (Fsp3) is 0.643. The maximum atomic E-state index is 11.2. The topological polar surface area (TPSA) is 82.6 Å². The Kier molecular flexibility index (Phi) is 6.36. The van der Waals surface area contributed by atoms with E-state index in [0.717, 1.165) is 25.9 Å². The molecule has 0 radical (unpaired) electrons. The number of carbonyl (C=O) groups is 1. The van der Waals surface area contributed by atoms with Gasteiger partial charge in [0.1, 0.15) is 6.61 Å². The van der Waals surface area contributed by atoms with Crippen molar-refractivity contribution in [1.29, 1.82) is 0 Å². The van der Waals surface area contributed by atoms with E-state index >= 15 is 0 Å². The summed E-state index contributed by atoms with van der Waals surface area (Å²) in [5, 5.41) is 2.62. The average molecular weight is 295 g/mol. The average Bonchev–Trinajstić information content (AvgIpc) is 2.54. The third-order valence-electron chi connectivity index (χ3n) is 2.99. The maximum absolute atomic E-state index is 11.2. The molecule has 1 aliphatic heterocycles. The summed E-state index contributed by atoms with van der Waals surface area (Å²) >= 11 is 0. The van der Waals surface area contributed by atoms with Crippen molar-refractivity contribution < 1.29 is 19.0 Å². The zero-order valence-corrected chi connectivity index (χ0v) is 12.2. The molecule has 1 saturated heterocycles. The Hall–Kier alpha value is -1.73. The van der Waals surface area contributed by atoms with Gasteiger partial charge in [0.2, 0.25) is 11.8 Å². The minimum atomic E-state index is -0.111. The van der Waals surface area contributed by atoms with Crippen LogP contribution in [0.15, 0.2) is 12.4 Å². The molecule has 0 spiro atoms. The van der Waals surface area contributed by atoms with Crippen molar-refractivity contribution in [3.8, 4) is 5.88 Å². The molecule has 1 fully saturated rings. The maximum Gasteiger partial charge on any atom is 0.232 e. The summed E-state index contributed by atoms with van der Waals surface area (Å²) in [5.41, 5.74) is 0. The smallest absolute Gasteiger partial charge is 0.232 e. The van der Waals surface area contributed by atoms with E-state index in [1.807, 2.05) is 0 Å². The lowest BCUT2D eigenvalue weighted by molar-refractivity contribution is -0.165. The number of aromatic nitrogens is 2. The lowest BCUT2D eigenvalue weighted by Gasteiger charge is -2.22. The zero-order valence-electron chi connectivity index (χ0n) is 12.2. The summed E-state index contributed by atoms with van der Waals surface area (Å²) in [4.78, 5) is 19.3. The highest BCUT2D eigenvalue weighted by Gasteiger charge is 2.13. The minimum absolute atomic E-state index is 0.0983. The Morgan fingerprint density at radius 2 is 2.29 bits per heavy atom. The first-order chi connectivity index (χ1) is 10.3. The van der Waals surface area contributed by atoms with E-state index < -0.39 is 0 Å². The Morgan fingerprint density at radius 3 is 2.95 bits per heavy atom. The van der Waals surface area contributed by atoms with Crippen LogP contribution in [0.5, 0.6) is 5.88 Å². The molecule has 1 N–H and O–H groups in total. The van der Waals surface area contributed by atoms with Gasteiger partial charge < -0.3 is 19.5 Å². The first kappa shape index (κ1) is 15.7. The van der Waals surface area contributed by atoms with Gasteiger partial charge in [-0.25, -0.2) is 9.97 Å². The summed E-state index contributed by atoms with van der Waals surface area (Å²) in [6.45, 7) is 3.37. The van der Waals surface area contributed by atoms with Crippen molar-refractivity contribution in [3.05, 3.63) is 12.4 Å². The molecular weight excluding hydrogens is 274 g/mol. The fourth-order valence-electron chi connectivity index (χ4n) is 1.85. The predicted molar refractivity (Wildman–Crippen MR) is 76.0 cm³/mol. The van der Waals surface area contributed by atoms with Crippen LogP contribution in [0, 0.1) is 0 Å². The molecule has 116 valence electrons. The Morgan fingerprint density at radius 1 is 1.38 bits per heavy atom. The number of rotatable bonds is 7. The molecule has 0 bridgehead atoms. The van der Waals surface area contributed by atoms with E-state index in [1.54, 1.807) is 6.92 Å². The van der Waals surface area contributed by atoms with Crippen LogP contribution < -0.4 is 10.1 Å². The SMILES string of the molecule is CCC(=O)Nc1cnc(OCCOC2CCCCO2)cn1. The number of amides is 1. The first-order valence-corrected chi connectivity index (χ1v) is 7.26. The van der Waals surface area contributed by atoms with Gasteiger partial charge in [-0.2, -0.15) is 0 Å². The molecule has 1 atom stereocenters. The van der Waals surface area contributed by atoms with Gasteiger partial charge in [0.15, 0.2) is 12.1 Å². The van der Waals surface area contributed by atoms with Crippen molar-refractivity contribution in [2.45, 2.75) is 38.9 Å². The zero-order chi connectivity index (χ0) is 14.9. The van der Waals surface area contributed by atoms with Crippen molar-refractivity contribution in [2.24, 2.45) is 0 Å². The van der Waals surface area contributed by atoms with Crippen molar-refractivity contribution in [2.75, 3.05) is 25.1 Å². The summed E-state index contributed by atoms with van der Waals surface area (Å²) in [5.74, 6) is 0.720. The van der Waals surface area contributed by atoms with E-state index in [-0.39, 0.29) is 12.2 Å². The number of carbonyl (C=O) groups excluding carboxylic acids is 1. The molecule has 1 amide bonds. The molecule has 7 heteroatoms. The van der Waals surface area contributed by atoms with Gasteiger partial charge >= 0.3 is 0 Å². The molecule has 0 saturated carbocycles. The van der Waals surface area contributed by atoms with Crippen molar-refractivity contribution >= 4 is 11.7 Å². The van der Waals surface area contributed by atoms with Crippen LogP contribution >= 0.6 is 0 Å². The van der Waals surface area contributed by atoms with Gasteiger partial charge in [-0.3, -0.25) is 4.79 Å². The van der Waals surface area contributed by atoms with Crippen LogP contribution in [0.2, 0.25) is 0 Å². The van der Waals surface area contributed by atoms with Crippen LogP contribution in [0.4, 0.5) is 5.82 Å². The summed E-state index contributed by atoms with van der Waals surface area (Å²) in [6, 6.07) is 0. The third-order valence-corrected chi connectivity index (χ3v) is 2.99. The van der Waals surface area contributed by atoms with E-state index in [2.05, 4.69) is 15.3 Å². The lowest BCUT2D eigenvalue weighted by Crippen LogP contribution is -2.24. The molecule has 1 aromatic heterocycles. The van der Waals surface area contributed by atoms with E-state index in [4.69, 9.17) is 14.2 Å². The van der Waals surface area contributed by atoms with E-state index in [9.17, 15) is 4.79 Å². The Balaban J connectivity index is 1.65. The first-order valence-electron chi connectivity index (χ1n) is 7.26. The fourth-order valence-corrected chi connectivity index (χ4v) is 1.85. The molecular formula is C14H21N3O4. The number of hydrogen-bond donors (Lipinski definition) is 1. The standard InChI is InChI=1S/C14H21N3O4/c1-2-12(18)17-11-9-16-13(10-15-11)19-7-8-21-14-5-3-4-6-20-14/h9-10,14H,2-8H2,1H3,(H,15,17,18). The van der Waals surface area contributed by atoms with Crippen LogP contribution in [0.3, 0.4) is 0 Å². The third kappa shape index (κ3) is 5.65. The molecule has 21 heavy (non-hydrogen) atoms. The van der Waals surface area contributed by atoms with Crippen molar-refractivity contribution in [3.63, 3.8) is 0 Å². The normalized spacial score (nSPS) is 18.2. The number of anilines is 1. The molecule has 1 aliphatic rings. The lowest BCUT2D eigenvalue weighted by atomic mass is 10.2. The molecule has 1 unspecified atom stereocenters. The van der Waals surface area contributed by atoms with Gasteiger partial charge in [-0.1, -0.05) is 6.92 Å². The molecule has 0 aromatic carbocycles. The highest BCUT2D eigenvalue weighted by molar-refractivity contribution is 5.89. The number of ether oxygens (including phenoxy) is 3. The van der Waals surface area contributed by atoms with Crippen LogP contribution in [-0.4, -0.2) is 42.0 Å². The molecule has 0 aliphatic carbocycles. The van der Waals surface area contributed by atoms with Gasteiger partial charge in [0.25, 0.3) is 0 Å². The van der Waals surface area contributed by atoms with Crippen LogP contribution in [-0.2, 0) is 14.3 Å². The van der Waals surface area contributed by atoms with Gasteiger partial charge in [0.05, 0.1) is 19.0 Å². The summed E-state index contributed by atoms with van der Waals surface area (Å²) < 4.78 is 16.4. The van der Waals surface area contributed by atoms with Gasteiger partial charge in [-0.05, 0) is 19.3 Å². The van der Waals surface area contributed by atoms with Crippen molar-refractivity contribution in [1.82, 2.24) is 9.97 Å². The largest absolute Gasteiger partial charge is 0.474 e.